The molecule has 0 bridgehead atoms. The monoisotopic (exact) mass is 422 g/mol. The summed E-state index contributed by atoms with van der Waals surface area (Å²) >= 11 is 1.78. The summed E-state index contributed by atoms with van der Waals surface area (Å²) in [6, 6.07) is 14.3. The number of ether oxygens (including phenoxy) is 1. The molecule has 1 atom stereocenters. The van der Waals surface area contributed by atoms with Crippen molar-refractivity contribution < 1.29 is 13.9 Å². The predicted octanol–water partition coefficient (Wildman–Crippen LogP) is 4.27. The SMILES string of the molecule is Cc1oc(C(=O)N2CCc3sccc3C2c2ccccc2)cc1CN1CCOCC1. The first kappa shape index (κ1) is 19.5. The zero-order chi connectivity index (χ0) is 20.5. The Kier molecular flexibility index (Phi) is 5.46. The number of fused-ring (bicyclic) bond motifs is 1. The second-order valence-corrected chi connectivity index (χ2v) is 8.94. The van der Waals surface area contributed by atoms with Gasteiger partial charge in [-0.2, -0.15) is 0 Å². The van der Waals surface area contributed by atoms with Crippen LogP contribution in [0.2, 0.25) is 0 Å². The Hall–Kier alpha value is -2.41. The number of aryl methyl sites for hydroxylation is 1. The number of amides is 1. The van der Waals surface area contributed by atoms with Crippen molar-refractivity contribution in [1.29, 1.82) is 0 Å². The van der Waals surface area contributed by atoms with E-state index in [1.165, 1.54) is 10.4 Å². The van der Waals surface area contributed by atoms with E-state index in [4.69, 9.17) is 9.15 Å². The molecule has 1 saturated heterocycles. The van der Waals surface area contributed by atoms with Crippen LogP contribution in [0.5, 0.6) is 0 Å². The molecule has 1 amide bonds. The minimum Gasteiger partial charge on any atom is -0.456 e. The van der Waals surface area contributed by atoms with Crippen molar-refractivity contribution in [1.82, 2.24) is 9.80 Å². The minimum absolute atomic E-state index is 0.0305. The molecular formula is C24H26N2O3S. The first-order valence-electron chi connectivity index (χ1n) is 10.5. The molecule has 156 valence electrons. The number of carbonyl (C=O) groups is 1. The van der Waals surface area contributed by atoms with Crippen LogP contribution >= 0.6 is 11.3 Å². The summed E-state index contributed by atoms with van der Waals surface area (Å²) in [5, 5.41) is 2.13. The van der Waals surface area contributed by atoms with Crippen LogP contribution in [0, 0.1) is 6.92 Å². The third-order valence-electron chi connectivity index (χ3n) is 6.07. The number of carbonyl (C=O) groups excluding carboxylic acids is 1. The summed E-state index contributed by atoms with van der Waals surface area (Å²) in [7, 11) is 0. The average Bonchev–Trinajstić information content (AvgIpc) is 3.40. The maximum absolute atomic E-state index is 13.6. The number of hydrogen-bond acceptors (Lipinski definition) is 5. The summed E-state index contributed by atoms with van der Waals surface area (Å²) < 4.78 is 11.4. The van der Waals surface area contributed by atoms with Crippen LogP contribution in [0.25, 0.3) is 0 Å². The molecule has 1 fully saturated rings. The molecule has 6 heteroatoms. The van der Waals surface area contributed by atoms with E-state index in [2.05, 4.69) is 28.5 Å². The van der Waals surface area contributed by atoms with E-state index in [1.807, 2.05) is 36.1 Å². The second-order valence-electron chi connectivity index (χ2n) is 7.94. The van der Waals surface area contributed by atoms with Crippen LogP contribution in [-0.2, 0) is 17.7 Å². The van der Waals surface area contributed by atoms with Crippen LogP contribution in [0.4, 0.5) is 0 Å². The lowest BCUT2D eigenvalue weighted by Crippen LogP contribution is -2.40. The zero-order valence-corrected chi connectivity index (χ0v) is 18.0. The van der Waals surface area contributed by atoms with E-state index < -0.39 is 0 Å². The molecule has 0 aliphatic carbocycles. The van der Waals surface area contributed by atoms with Gasteiger partial charge in [0.2, 0.25) is 0 Å². The van der Waals surface area contributed by atoms with Crippen LogP contribution in [0.1, 0.15) is 43.9 Å². The summed E-state index contributed by atoms with van der Waals surface area (Å²) in [6.07, 6.45) is 0.891. The van der Waals surface area contributed by atoms with E-state index in [0.717, 1.165) is 56.2 Å². The topological polar surface area (TPSA) is 45.9 Å². The van der Waals surface area contributed by atoms with Crippen molar-refractivity contribution in [2.24, 2.45) is 0 Å². The van der Waals surface area contributed by atoms with Crippen LogP contribution in [0.15, 0.2) is 52.3 Å². The molecule has 5 rings (SSSR count). The zero-order valence-electron chi connectivity index (χ0n) is 17.2. The van der Waals surface area contributed by atoms with Crippen LogP contribution in [-0.4, -0.2) is 48.6 Å². The summed E-state index contributed by atoms with van der Waals surface area (Å²) in [4.78, 5) is 19.3. The van der Waals surface area contributed by atoms with Crippen molar-refractivity contribution in [3.05, 3.63) is 80.9 Å². The lowest BCUT2D eigenvalue weighted by atomic mass is 9.93. The van der Waals surface area contributed by atoms with E-state index >= 15 is 0 Å². The van der Waals surface area contributed by atoms with Gasteiger partial charge < -0.3 is 14.1 Å². The van der Waals surface area contributed by atoms with Gasteiger partial charge in [0.05, 0.1) is 19.3 Å². The second kappa shape index (κ2) is 8.38. The Bertz CT molecular complexity index is 1020. The molecule has 0 saturated carbocycles. The van der Waals surface area contributed by atoms with Gasteiger partial charge in [0, 0.05) is 36.6 Å². The fraction of sp³-hybridized carbons (Fsp3) is 0.375. The standard InChI is InChI=1S/C24H26N2O3S/c1-17-19(16-25-10-12-28-13-11-25)15-21(29-17)24(27)26-9-7-22-20(8-14-30-22)23(26)18-5-3-2-4-6-18/h2-6,8,14-15,23H,7,9-13,16H2,1H3. The van der Waals surface area contributed by atoms with Gasteiger partial charge in [0.15, 0.2) is 5.76 Å². The van der Waals surface area contributed by atoms with Gasteiger partial charge in [-0.25, -0.2) is 0 Å². The molecule has 1 unspecified atom stereocenters. The Morgan fingerprint density at radius 3 is 2.73 bits per heavy atom. The van der Waals surface area contributed by atoms with Gasteiger partial charge in [-0.3, -0.25) is 9.69 Å². The van der Waals surface area contributed by atoms with Gasteiger partial charge in [0.25, 0.3) is 5.91 Å². The number of nitrogens with zero attached hydrogens (tertiary/aromatic N) is 2. The molecule has 2 aliphatic heterocycles. The van der Waals surface area contributed by atoms with Gasteiger partial charge in [-0.1, -0.05) is 30.3 Å². The fourth-order valence-electron chi connectivity index (χ4n) is 4.45. The molecule has 2 aromatic heterocycles. The van der Waals surface area contributed by atoms with Crippen molar-refractivity contribution in [3.63, 3.8) is 0 Å². The molecule has 0 spiro atoms. The van der Waals surface area contributed by atoms with Gasteiger partial charge in [0.1, 0.15) is 5.76 Å². The minimum atomic E-state index is -0.0678. The molecule has 1 aromatic carbocycles. The number of benzene rings is 1. The summed E-state index contributed by atoms with van der Waals surface area (Å²) in [6.45, 7) is 6.80. The highest BCUT2D eigenvalue weighted by molar-refractivity contribution is 7.10. The molecule has 30 heavy (non-hydrogen) atoms. The van der Waals surface area contributed by atoms with Gasteiger partial charge in [-0.05, 0) is 42.0 Å². The lowest BCUT2D eigenvalue weighted by molar-refractivity contribution is 0.0340. The molecule has 0 N–H and O–H groups in total. The van der Waals surface area contributed by atoms with Crippen molar-refractivity contribution in [2.75, 3.05) is 32.8 Å². The van der Waals surface area contributed by atoms with Gasteiger partial charge >= 0.3 is 0 Å². The molecule has 0 radical (unpaired) electrons. The van der Waals surface area contributed by atoms with E-state index in [0.29, 0.717) is 12.3 Å². The van der Waals surface area contributed by atoms with Crippen LogP contribution < -0.4 is 0 Å². The largest absolute Gasteiger partial charge is 0.456 e. The maximum atomic E-state index is 13.6. The van der Waals surface area contributed by atoms with Crippen molar-refractivity contribution >= 4 is 17.2 Å². The number of hydrogen-bond donors (Lipinski definition) is 0. The van der Waals surface area contributed by atoms with Crippen LogP contribution in [0.3, 0.4) is 0 Å². The third kappa shape index (κ3) is 3.71. The quantitative estimate of drug-likeness (QED) is 0.630. The Morgan fingerprint density at radius 2 is 1.93 bits per heavy atom. The highest BCUT2D eigenvalue weighted by Crippen LogP contribution is 2.38. The Morgan fingerprint density at radius 1 is 1.13 bits per heavy atom. The average molecular weight is 423 g/mol. The highest BCUT2D eigenvalue weighted by atomic mass is 32.1. The molecule has 3 aromatic rings. The molecular weight excluding hydrogens is 396 g/mol. The number of furan rings is 1. The Balaban J connectivity index is 1.43. The molecule has 4 heterocycles. The number of morpholine rings is 1. The first-order valence-corrected chi connectivity index (χ1v) is 11.4. The van der Waals surface area contributed by atoms with E-state index in [9.17, 15) is 4.79 Å². The van der Waals surface area contributed by atoms with Gasteiger partial charge in [-0.15, -0.1) is 11.3 Å². The normalized spacial score (nSPS) is 19.6. The molecule has 5 nitrogen and oxygen atoms in total. The van der Waals surface area contributed by atoms with E-state index in [1.54, 1.807) is 11.3 Å². The third-order valence-corrected chi connectivity index (χ3v) is 7.07. The number of thiophene rings is 1. The highest BCUT2D eigenvalue weighted by Gasteiger charge is 2.34. The lowest BCUT2D eigenvalue weighted by Gasteiger charge is -2.35. The molecule has 2 aliphatic rings. The smallest absolute Gasteiger partial charge is 0.290 e. The number of rotatable bonds is 4. The fourth-order valence-corrected chi connectivity index (χ4v) is 5.36. The maximum Gasteiger partial charge on any atom is 0.290 e. The van der Waals surface area contributed by atoms with E-state index in [-0.39, 0.29) is 11.9 Å². The predicted molar refractivity (Wildman–Crippen MR) is 117 cm³/mol. The van der Waals surface area contributed by atoms with Crippen molar-refractivity contribution in [2.45, 2.75) is 25.9 Å². The summed E-state index contributed by atoms with van der Waals surface area (Å²) in [5.74, 6) is 1.24. The summed E-state index contributed by atoms with van der Waals surface area (Å²) in [5.41, 5.74) is 3.47. The Labute approximate surface area is 180 Å². The first-order chi connectivity index (χ1) is 14.7. The van der Waals surface area contributed by atoms with Crippen molar-refractivity contribution in [3.8, 4) is 0 Å².